The van der Waals surface area contributed by atoms with Gasteiger partial charge in [0.15, 0.2) is 0 Å². The molecule has 1 saturated heterocycles. The van der Waals surface area contributed by atoms with E-state index >= 15 is 0 Å². The predicted molar refractivity (Wildman–Crippen MR) is 162 cm³/mol. The van der Waals surface area contributed by atoms with Crippen molar-refractivity contribution in [3.63, 3.8) is 0 Å². The molecule has 3 aromatic rings. The maximum atomic E-state index is 13.2. The van der Waals surface area contributed by atoms with E-state index in [0.29, 0.717) is 11.4 Å². The van der Waals surface area contributed by atoms with E-state index in [9.17, 15) is 13.2 Å². The van der Waals surface area contributed by atoms with Crippen molar-refractivity contribution < 1.29 is 13.2 Å². The smallest absolute Gasteiger partial charge is 0.321 e. The van der Waals surface area contributed by atoms with Crippen LogP contribution in [0.1, 0.15) is 44.1 Å². The van der Waals surface area contributed by atoms with Crippen LogP contribution >= 0.6 is 0 Å². The van der Waals surface area contributed by atoms with Crippen LogP contribution in [0.15, 0.2) is 95.9 Å². The molecule has 0 spiro atoms. The van der Waals surface area contributed by atoms with Gasteiger partial charge >= 0.3 is 6.03 Å². The fraction of sp³-hybridized carbons (Fsp3) is 0.406. The van der Waals surface area contributed by atoms with E-state index in [1.165, 1.54) is 4.31 Å². The Kier molecular flexibility index (Phi) is 10.7. The summed E-state index contributed by atoms with van der Waals surface area (Å²) in [6.45, 7) is 5.99. The van der Waals surface area contributed by atoms with E-state index in [-0.39, 0.29) is 18.0 Å². The molecular weight excluding hydrogens is 520 g/mol. The fourth-order valence-electron chi connectivity index (χ4n) is 5.47. The molecule has 0 unspecified atom stereocenters. The number of nitrogens with zero attached hydrogens (tertiary/aromatic N) is 3. The number of urea groups is 1. The minimum absolute atomic E-state index is 0.0293. The standard InChI is InChI=1S/C32H42N4O3S/c1-3-22-36(32(37)33-29-15-9-5-10-16-29)30-20-24-35(25-21-30)23-19-28(27-13-7-4-8-14-27)26-34(2)40(38,39)31-17-11-6-12-18-31/h4-18,28,30H,3,19-26H2,1-2H3,(H,33,37)/t28-/m1/s1. The first kappa shape index (κ1) is 29.8. The van der Waals surface area contributed by atoms with Gasteiger partial charge in [-0.3, -0.25) is 0 Å². The molecule has 1 aliphatic heterocycles. The molecule has 2 amide bonds. The number of likely N-dealkylation sites (tertiary alicyclic amines) is 1. The van der Waals surface area contributed by atoms with Crippen LogP contribution in [0.5, 0.6) is 0 Å². The molecule has 1 N–H and O–H groups in total. The number of sulfonamides is 1. The van der Waals surface area contributed by atoms with Gasteiger partial charge in [-0.2, -0.15) is 0 Å². The minimum atomic E-state index is -3.56. The average molecular weight is 563 g/mol. The number of nitrogens with one attached hydrogen (secondary N) is 1. The summed E-state index contributed by atoms with van der Waals surface area (Å²) < 4.78 is 27.9. The highest BCUT2D eigenvalue weighted by Gasteiger charge is 2.29. The summed E-state index contributed by atoms with van der Waals surface area (Å²) in [7, 11) is -1.89. The molecule has 1 heterocycles. The molecule has 7 nitrogen and oxygen atoms in total. The molecule has 0 aromatic heterocycles. The first-order valence-corrected chi connectivity index (χ1v) is 15.7. The number of para-hydroxylation sites is 1. The lowest BCUT2D eigenvalue weighted by atomic mass is 9.94. The zero-order chi connectivity index (χ0) is 28.4. The molecule has 1 atom stereocenters. The van der Waals surface area contributed by atoms with E-state index < -0.39 is 10.0 Å². The molecule has 40 heavy (non-hydrogen) atoms. The maximum Gasteiger partial charge on any atom is 0.322 e. The van der Waals surface area contributed by atoms with E-state index in [1.807, 2.05) is 59.5 Å². The van der Waals surface area contributed by atoms with Crippen molar-refractivity contribution in [2.45, 2.75) is 49.5 Å². The Morgan fingerprint density at radius 3 is 2.10 bits per heavy atom. The van der Waals surface area contributed by atoms with Crippen molar-refractivity contribution in [1.82, 2.24) is 14.1 Å². The SMILES string of the molecule is CCCN(C(=O)Nc1ccccc1)C1CCN(CC[C@H](CN(C)S(=O)(=O)c2ccccc2)c2ccccc2)CC1. The highest BCUT2D eigenvalue weighted by Crippen LogP contribution is 2.26. The molecule has 0 radical (unpaired) electrons. The molecular formula is C32H42N4O3S. The number of likely N-dealkylation sites (N-methyl/N-ethyl adjacent to an activating group) is 1. The van der Waals surface area contributed by atoms with Gasteiger partial charge in [0.1, 0.15) is 0 Å². The van der Waals surface area contributed by atoms with Gasteiger partial charge < -0.3 is 15.1 Å². The third-order valence-corrected chi connectivity index (χ3v) is 9.58. The number of benzene rings is 3. The van der Waals surface area contributed by atoms with Crippen molar-refractivity contribution >= 4 is 21.7 Å². The second kappa shape index (κ2) is 14.4. The zero-order valence-corrected chi connectivity index (χ0v) is 24.5. The van der Waals surface area contributed by atoms with Gasteiger partial charge in [-0.25, -0.2) is 17.5 Å². The van der Waals surface area contributed by atoms with Crippen molar-refractivity contribution in [3.05, 3.63) is 96.6 Å². The molecule has 3 aromatic carbocycles. The predicted octanol–water partition coefficient (Wildman–Crippen LogP) is 5.89. The van der Waals surface area contributed by atoms with Gasteiger partial charge in [0.2, 0.25) is 10.0 Å². The van der Waals surface area contributed by atoms with Crippen LogP contribution < -0.4 is 5.32 Å². The second-order valence-corrected chi connectivity index (χ2v) is 12.6. The Hall–Kier alpha value is -3.20. The lowest BCUT2D eigenvalue weighted by Gasteiger charge is -2.39. The molecule has 8 heteroatoms. The highest BCUT2D eigenvalue weighted by atomic mass is 32.2. The molecule has 0 saturated carbocycles. The summed E-state index contributed by atoms with van der Waals surface area (Å²) in [5.74, 6) is 0.0793. The number of carbonyl (C=O) groups is 1. The van der Waals surface area contributed by atoms with Crippen LogP contribution in [-0.2, 0) is 10.0 Å². The largest absolute Gasteiger partial charge is 0.322 e. The Bertz CT molecular complexity index is 1280. The van der Waals surface area contributed by atoms with Gasteiger partial charge in [-0.1, -0.05) is 73.7 Å². The van der Waals surface area contributed by atoms with Crippen LogP contribution in [0, 0.1) is 0 Å². The van der Waals surface area contributed by atoms with Crippen molar-refractivity contribution in [2.24, 2.45) is 0 Å². The lowest BCUT2D eigenvalue weighted by Crippen LogP contribution is -2.49. The number of carbonyl (C=O) groups excluding carboxylic acids is 1. The molecule has 4 rings (SSSR count). The maximum absolute atomic E-state index is 13.2. The van der Waals surface area contributed by atoms with Crippen molar-refractivity contribution in [3.8, 4) is 0 Å². The Morgan fingerprint density at radius 2 is 1.50 bits per heavy atom. The molecule has 1 fully saturated rings. The molecule has 214 valence electrons. The summed E-state index contributed by atoms with van der Waals surface area (Å²) >= 11 is 0. The van der Waals surface area contributed by atoms with Gasteiger partial charge in [0.05, 0.1) is 4.90 Å². The number of rotatable bonds is 12. The van der Waals surface area contributed by atoms with Crippen LogP contribution in [0.2, 0.25) is 0 Å². The lowest BCUT2D eigenvalue weighted by molar-refractivity contribution is 0.124. The van der Waals surface area contributed by atoms with Gasteiger partial charge in [0, 0.05) is 45.0 Å². The monoisotopic (exact) mass is 562 g/mol. The number of amides is 2. The summed E-state index contributed by atoms with van der Waals surface area (Å²) in [5, 5.41) is 3.06. The minimum Gasteiger partial charge on any atom is -0.321 e. The van der Waals surface area contributed by atoms with Crippen LogP contribution in [0.4, 0.5) is 10.5 Å². The molecule has 0 aliphatic carbocycles. The quantitative estimate of drug-likeness (QED) is 0.299. The van der Waals surface area contributed by atoms with Crippen LogP contribution in [-0.4, -0.2) is 74.4 Å². The van der Waals surface area contributed by atoms with Crippen LogP contribution in [0.3, 0.4) is 0 Å². The summed E-state index contributed by atoms with van der Waals surface area (Å²) in [6, 6.07) is 28.6. The van der Waals surface area contributed by atoms with E-state index in [4.69, 9.17) is 0 Å². The highest BCUT2D eigenvalue weighted by molar-refractivity contribution is 7.89. The Labute approximate surface area is 239 Å². The Morgan fingerprint density at radius 1 is 0.925 bits per heavy atom. The van der Waals surface area contributed by atoms with E-state index in [2.05, 4.69) is 29.3 Å². The number of anilines is 1. The average Bonchev–Trinajstić information content (AvgIpc) is 2.99. The van der Waals surface area contributed by atoms with E-state index in [0.717, 1.165) is 63.1 Å². The first-order valence-electron chi connectivity index (χ1n) is 14.3. The number of piperidine rings is 1. The van der Waals surface area contributed by atoms with Gasteiger partial charge in [0.25, 0.3) is 0 Å². The number of hydrogen-bond donors (Lipinski definition) is 1. The molecule has 0 bridgehead atoms. The van der Waals surface area contributed by atoms with Gasteiger partial charge in [-0.05, 0) is 68.0 Å². The summed E-state index contributed by atoms with van der Waals surface area (Å²) in [6.07, 6.45) is 3.64. The summed E-state index contributed by atoms with van der Waals surface area (Å²) in [4.78, 5) is 17.9. The third kappa shape index (κ3) is 7.93. The summed E-state index contributed by atoms with van der Waals surface area (Å²) in [5.41, 5.74) is 1.97. The zero-order valence-electron chi connectivity index (χ0n) is 23.7. The normalized spacial score (nSPS) is 15.6. The van der Waals surface area contributed by atoms with Crippen molar-refractivity contribution in [2.75, 3.05) is 45.1 Å². The number of hydrogen-bond acceptors (Lipinski definition) is 4. The fourth-order valence-corrected chi connectivity index (χ4v) is 6.71. The topological polar surface area (TPSA) is 73.0 Å². The van der Waals surface area contributed by atoms with Gasteiger partial charge in [-0.15, -0.1) is 0 Å². The Balaban J connectivity index is 1.35. The van der Waals surface area contributed by atoms with Crippen LogP contribution in [0.25, 0.3) is 0 Å². The van der Waals surface area contributed by atoms with E-state index in [1.54, 1.807) is 31.3 Å². The third-order valence-electron chi connectivity index (χ3n) is 7.74. The second-order valence-electron chi connectivity index (χ2n) is 10.6. The first-order chi connectivity index (χ1) is 19.4. The van der Waals surface area contributed by atoms with Crippen molar-refractivity contribution in [1.29, 1.82) is 0 Å². The molecule has 1 aliphatic rings.